The van der Waals surface area contributed by atoms with E-state index in [2.05, 4.69) is 6.07 Å². The van der Waals surface area contributed by atoms with Crippen LogP contribution in [0, 0.1) is 0 Å². The minimum absolute atomic E-state index is 0.270. The van der Waals surface area contributed by atoms with Crippen molar-refractivity contribution in [1.82, 2.24) is 4.90 Å². The predicted octanol–water partition coefficient (Wildman–Crippen LogP) is 1.82. The van der Waals surface area contributed by atoms with Gasteiger partial charge in [0.1, 0.15) is 5.75 Å². The number of carbonyl (C=O) groups is 1. The van der Waals surface area contributed by atoms with Crippen LogP contribution >= 0.6 is 0 Å². The molecule has 1 aromatic carbocycles. The van der Waals surface area contributed by atoms with E-state index in [-0.39, 0.29) is 6.09 Å². The number of nitrogens with zero attached hydrogens (tertiary/aromatic N) is 1. The average molecular weight is 221 g/mol. The van der Waals surface area contributed by atoms with Crippen LogP contribution in [0.3, 0.4) is 0 Å². The molecule has 4 nitrogen and oxygen atoms in total. The van der Waals surface area contributed by atoms with Gasteiger partial charge in [0.2, 0.25) is 0 Å². The van der Waals surface area contributed by atoms with Crippen molar-refractivity contribution in [2.24, 2.45) is 0 Å². The fraction of sp³-hybridized carbons (Fsp3) is 0.417. The molecular weight excluding hydrogens is 206 g/mol. The Kier molecular flexibility index (Phi) is 2.99. The molecule has 4 heteroatoms. The molecule has 2 rings (SSSR count). The molecule has 1 aliphatic rings. The minimum atomic E-state index is -0.270. The Morgan fingerprint density at radius 2 is 2.12 bits per heavy atom. The molecule has 1 amide bonds. The van der Waals surface area contributed by atoms with Gasteiger partial charge in [-0.2, -0.15) is 0 Å². The van der Waals surface area contributed by atoms with E-state index in [9.17, 15) is 4.79 Å². The summed E-state index contributed by atoms with van der Waals surface area (Å²) >= 11 is 0. The third-order valence-electron chi connectivity index (χ3n) is 2.86. The molecule has 86 valence electrons. The van der Waals surface area contributed by atoms with Crippen molar-refractivity contribution in [3.05, 3.63) is 29.3 Å². The maximum absolute atomic E-state index is 11.4. The maximum Gasteiger partial charge on any atom is 0.409 e. The fourth-order valence-corrected chi connectivity index (χ4v) is 1.95. The van der Waals surface area contributed by atoms with Crippen molar-refractivity contribution in [2.45, 2.75) is 13.0 Å². The number of carbonyl (C=O) groups excluding carboxylic acids is 1. The summed E-state index contributed by atoms with van der Waals surface area (Å²) in [4.78, 5) is 13.1. The first-order chi connectivity index (χ1) is 7.74. The summed E-state index contributed by atoms with van der Waals surface area (Å²) in [6, 6.07) is 5.99. The number of hydrogen-bond acceptors (Lipinski definition) is 3. The SMILES string of the molecule is COC(=O)N1CCc2ccc(OC)cc2C1. The maximum atomic E-state index is 11.4. The Morgan fingerprint density at radius 3 is 2.81 bits per heavy atom. The summed E-state index contributed by atoms with van der Waals surface area (Å²) in [5.74, 6) is 0.825. The number of methoxy groups -OCH3 is 2. The zero-order chi connectivity index (χ0) is 11.5. The second-order valence-corrected chi connectivity index (χ2v) is 3.78. The van der Waals surface area contributed by atoms with Gasteiger partial charge < -0.3 is 14.4 Å². The van der Waals surface area contributed by atoms with Gasteiger partial charge >= 0.3 is 6.09 Å². The van der Waals surface area contributed by atoms with Crippen molar-refractivity contribution in [2.75, 3.05) is 20.8 Å². The van der Waals surface area contributed by atoms with Crippen molar-refractivity contribution in [3.63, 3.8) is 0 Å². The Hall–Kier alpha value is -1.71. The van der Waals surface area contributed by atoms with E-state index >= 15 is 0 Å². The molecule has 1 aromatic rings. The van der Waals surface area contributed by atoms with E-state index in [1.807, 2.05) is 12.1 Å². The van der Waals surface area contributed by atoms with Gasteiger partial charge in [-0.25, -0.2) is 4.79 Å². The van der Waals surface area contributed by atoms with Crippen LogP contribution in [0.2, 0.25) is 0 Å². The van der Waals surface area contributed by atoms with Gasteiger partial charge in [-0.1, -0.05) is 6.07 Å². The molecule has 0 fully saturated rings. The van der Waals surface area contributed by atoms with E-state index in [0.717, 1.165) is 17.7 Å². The highest BCUT2D eigenvalue weighted by Gasteiger charge is 2.21. The highest BCUT2D eigenvalue weighted by atomic mass is 16.5. The molecule has 1 aliphatic heterocycles. The van der Waals surface area contributed by atoms with E-state index in [1.54, 1.807) is 12.0 Å². The predicted molar refractivity (Wildman–Crippen MR) is 59.5 cm³/mol. The van der Waals surface area contributed by atoms with Gasteiger partial charge in [-0.15, -0.1) is 0 Å². The first-order valence-electron chi connectivity index (χ1n) is 5.23. The zero-order valence-electron chi connectivity index (χ0n) is 9.53. The first-order valence-corrected chi connectivity index (χ1v) is 5.23. The molecule has 0 radical (unpaired) electrons. The number of benzene rings is 1. The normalized spacial score (nSPS) is 14.2. The Bertz CT molecular complexity index is 403. The quantitative estimate of drug-likeness (QED) is 0.726. The third kappa shape index (κ3) is 1.96. The van der Waals surface area contributed by atoms with E-state index in [4.69, 9.17) is 9.47 Å². The molecule has 0 unspecified atom stereocenters. The molecule has 0 saturated carbocycles. The van der Waals surface area contributed by atoms with Crippen LogP contribution in [-0.2, 0) is 17.7 Å². The second-order valence-electron chi connectivity index (χ2n) is 3.78. The van der Waals surface area contributed by atoms with Crippen LogP contribution in [-0.4, -0.2) is 31.8 Å². The Morgan fingerprint density at radius 1 is 1.31 bits per heavy atom. The largest absolute Gasteiger partial charge is 0.497 e. The summed E-state index contributed by atoms with van der Waals surface area (Å²) < 4.78 is 9.88. The molecule has 0 spiro atoms. The van der Waals surface area contributed by atoms with Crippen molar-refractivity contribution in [1.29, 1.82) is 0 Å². The number of fused-ring (bicyclic) bond motifs is 1. The van der Waals surface area contributed by atoms with Crippen molar-refractivity contribution in [3.8, 4) is 5.75 Å². The molecule has 1 heterocycles. The van der Waals surface area contributed by atoms with Crippen molar-refractivity contribution >= 4 is 6.09 Å². The summed E-state index contributed by atoms with van der Waals surface area (Å²) in [5, 5.41) is 0. The van der Waals surface area contributed by atoms with E-state index < -0.39 is 0 Å². The van der Waals surface area contributed by atoms with Gasteiger partial charge in [0, 0.05) is 13.1 Å². The lowest BCUT2D eigenvalue weighted by Gasteiger charge is -2.27. The standard InChI is InChI=1S/C12H15NO3/c1-15-11-4-3-9-5-6-13(12(14)16-2)8-10(9)7-11/h3-4,7H,5-6,8H2,1-2H3. The Balaban J connectivity index is 2.21. The van der Waals surface area contributed by atoms with Crippen LogP contribution in [0.4, 0.5) is 4.79 Å². The van der Waals surface area contributed by atoms with Crippen LogP contribution in [0.25, 0.3) is 0 Å². The van der Waals surface area contributed by atoms with Crippen LogP contribution < -0.4 is 4.74 Å². The monoisotopic (exact) mass is 221 g/mol. The van der Waals surface area contributed by atoms with Gasteiger partial charge in [-0.05, 0) is 29.7 Å². The summed E-state index contributed by atoms with van der Waals surface area (Å²) in [6.07, 6.45) is 0.600. The number of ether oxygens (including phenoxy) is 2. The van der Waals surface area contributed by atoms with Crippen LogP contribution in [0.5, 0.6) is 5.75 Å². The van der Waals surface area contributed by atoms with Gasteiger partial charge in [0.15, 0.2) is 0 Å². The Labute approximate surface area is 94.8 Å². The first kappa shape index (κ1) is 10.8. The summed E-state index contributed by atoms with van der Waals surface area (Å²) in [5.41, 5.74) is 2.41. The van der Waals surface area contributed by atoms with E-state index in [0.29, 0.717) is 13.1 Å². The molecule has 0 atom stereocenters. The van der Waals surface area contributed by atoms with Gasteiger partial charge in [0.05, 0.1) is 14.2 Å². The lowest BCUT2D eigenvalue weighted by Crippen LogP contribution is -2.35. The van der Waals surface area contributed by atoms with E-state index in [1.165, 1.54) is 12.7 Å². The smallest absolute Gasteiger partial charge is 0.409 e. The number of hydrogen-bond donors (Lipinski definition) is 0. The zero-order valence-corrected chi connectivity index (χ0v) is 9.53. The molecule has 0 aromatic heterocycles. The minimum Gasteiger partial charge on any atom is -0.497 e. The molecule has 0 bridgehead atoms. The highest BCUT2D eigenvalue weighted by Crippen LogP contribution is 2.23. The second kappa shape index (κ2) is 4.43. The van der Waals surface area contributed by atoms with Crippen molar-refractivity contribution < 1.29 is 14.3 Å². The number of rotatable bonds is 1. The molecular formula is C12H15NO3. The average Bonchev–Trinajstić information content (AvgIpc) is 2.36. The lowest BCUT2D eigenvalue weighted by atomic mass is 10.00. The topological polar surface area (TPSA) is 38.8 Å². The number of amides is 1. The van der Waals surface area contributed by atoms with Crippen LogP contribution in [0.1, 0.15) is 11.1 Å². The van der Waals surface area contributed by atoms with Crippen LogP contribution in [0.15, 0.2) is 18.2 Å². The fourth-order valence-electron chi connectivity index (χ4n) is 1.95. The highest BCUT2D eigenvalue weighted by molar-refractivity contribution is 5.68. The summed E-state index contributed by atoms with van der Waals surface area (Å²) in [6.45, 7) is 1.31. The molecule has 0 aliphatic carbocycles. The molecule has 0 N–H and O–H groups in total. The third-order valence-corrected chi connectivity index (χ3v) is 2.86. The molecule has 16 heavy (non-hydrogen) atoms. The molecule has 0 saturated heterocycles. The van der Waals surface area contributed by atoms with Gasteiger partial charge in [0.25, 0.3) is 0 Å². The summed E-state index contributed by atoms with van der Waals surface area (Å²) in [7, 11) is 3.05. The van der Waals surface area contributed by atoms with Gasteiger partial charge in [-0.3, -0.25) is 0 Å². The lowest BCUT2D eigenvalue weighted by molar-refractivity contribution is 0.118.